The average molecular weight is 387 g/mol. The van der Waals surface area contributed by atoms with Crippen LogP contribution in [0.2, 0.25) is 5.02 Å². The summed E-state index contributed by atoms with van der Waals surface area (Å²) in [6.45, 7) is 0.795. The van der Waals surface area contributed by atoms with Crippen LogP contribution in [-0.4, -0.2) is 23.8 Å². The predicted octanol–water partition coefficient (Wildman–Crippen LogP) is 5.44. The first-order chi connectivity index (χ1) is 13.2. The fourth-order valence-electron chi connectivity index (χ4n) is 3.72. The predicted molar refractivity (Wildman–Crippen MR) is 105 cm³/mol. The summed E-state index contributed by atoms with van der Waals surface area (Å²) in [6.07, 6.45) is 5.65. The van der Waals surface area contributed by atoms with Crippen LogP contribution in [0, 0.1) is 0 Å². The molecule has 0 spiro atoms. The molecule has 0 bridgehead atoms. The Balaban J connectivity index is 1.52. The third-order valence-electron chi connectivity index (χ3n) is 5.16. The fraction of sp³-hybridized carbons (Fsp3) is 0.381. The third kappa shape index (κ3) is 4.30. The Bertz CT molecular complexity index is 804. The number of benzene rings is 2. The lowest BCUT2D eigenvalue weighted by Gasteiger charge is -2.34. The van der Waals surface area contributed by atoms with E-state index in [1.54, 1.807) is 12.1 Å². The Morgan fingerprint density at radius 1 is 1.04 bits per heavy atom. The Kier molecular flexibility index (Phi) is 5.39. The summed E-state index contributed by atoms with van der Waals surface area (Å²) in [4.78, 5) is 15.0. The molecule has 0 radical (unpaired) electrons. The summed E-state index contributed by atoms with van der Waals surface area (Å²) in [7, 11) is 0. The minimum atomic E-state index is -0.0816. The molecule has 2 aliphatic rings. The summed E-state index contributed by atoms with van der Waals surface area (Å²) in [6, 6.07) is 13.2. The van der Waals surface area contributed by atoms with E-state index in [0.29, 0.717) is 11.6 Å². The number of hydrogen-bond donors (Lipinski definition) is 1. The van der Waals surface area contributed by atoms with Gasteiger partial charge in [-0.05, 0) is 54.8 Å². The highest BCUT2D eigenvalue weighted by Gasteiger charge is 2.26. The number of halogens is 1. The molecular formula is C21H23ClN2O3. The number of urea groups is 1. The van der Waals surface area contributed by atoms with E-state index in [1.807, 2.05) is 35.2 Å². The van der Waals surface area contributed by atoms with Crippen LogP contribution in [0.1, 0.15) is 37.7 Å². The van der Waals surface area contributed by atoms with E-state index in [1.165, 1.54) is 6.42 Å². The Morgan fingerprint density at radius 3 is 2.56 bits per heavy atom. The first kappa shape index (κ1) is 18.0. The fourth-order valence-corrected chi connectivity index (χ4v) is 3.85. The van der Waals surface area contributed by atoms with Gasteiger partial charge in [0.25, 0.3) is 0 Å². The molecule has 1 fully saturated rings. The van der Waals surface area contributed by atoms with Gasteiger partial charge in [0.2, 0.25) is 6.79 Å². The van der Waals surface area contributed by atoms with Gasteiger partial charge in [-0.3, -0.25) is 0 Å². The van der Waals surface area contributed by atoms with E-state index in [4.69, 9.17) is 21.1 Å². The average Bonchev–Trinajstić information content (AvgIpc) is 3.16. The number of anilines is 1. The molecule has 1 aliphatic heterocycles. The summed E-state index contributed by atoms with van der Waals surface area (Å²) >= 11 is 5.94. The monoisotopic (exact) mass is 386 g/mol. The van der Waals surface area contributed by atoms with Crippen molar-refractivity contribution in [3.63, 3.8) is 0 Å². The molecule has 2 aromatic carbocycles. The van der Waals surface area contributed by atoms with Crippen molar-refractivity contribution in [3.8, 4) is 11.5 Å². The van der Waals surface area contributed by atoms with E-state index >= 15 is 0 Å². The number of nitrogens with one attached hydrogen (secondary N) is 1. The number of fused-ring (bicyclic) bond motifs is 1. The molecule has 2 amide bonds. The van der Waals surface area contributed by atoms with Gasteiger partial charge in [0.1, 0.15) is 0 Å². The van der Waals surface area contributed by atoms with Gasteiger partial charge in [-0.2, -0.15) is 0 Å². The van der Waals surface area contributed by atoms with Crippen LogP contribution < -0.4 is 14.8 Å². The molecule has 27 heavy (non-hydrogen) atoms. The molecule has 0 atom stereocenters. The zero-order valence-corrected chi connectivity index (χ0v) is 15.9. The first-order valence-corrected chi connectivity index (χ1v) is 9.78. The smallest absolute Gasteiger partial charge is 0.322 e. The summed E-state index contributed by atoms with van der Waals surface area (Å²) in [5.74, 6) is 1.50. The summed E-state index contributed by atoms with van der Waals surface area (Å²) < 4.78 is 10.9. The number of hydrogen-bond acceptors (Lipinski definition) is 3. The lowest BCUT2D eigenvalue weighted by Crippen LogP contribution is -2.43. The second-order valence-corrected chi connectivity index (χ2v) is 7.48. The Morgan fingerprint density at radius 2 is 1.78 bits per heavy atom. The normalized spacial score (nSPS) is 16.2. The Hall–Kier alpha value is -2.40. The van der Waals surface area contributed by atoms with Crippen LogP contribution >= 0.6 is 11.6 Å². The van der Waals surface area contributed by atoms with Gasteiger partial charge in [0.05, 0.1) is 0 Å². The summed E-state index contributed by atoms with van der Waals surface area (Å²) in [5.41, 5.74) is 1.78. The molecular weight excluding hydrogens is 364 g/mol. The molecule has 0 saturated heterocycles. The number of carbonyl (C=O) groups excluding carboxylic acids is 1. The van der Waals surface area contributed by atoms with Crippen LogP contribution in [0.15, 0.2) is 42.5 Å². The van der Waals surface area contributed by atoms with E-state index < -0.39 is 0 Å². The zero-order valence-electron chi connectivity index (χ0n) is 15.1. The van der Waals surface area contributed by atoms with Gasteiger partial charge in [0, 0.05) is 23.3 Å². The van der Waals surface area contributed by atoms with Crippen molar-refractivity contribution in [2.75, 3.05) is 12.1 Å². The minimum absolute atomic E-state index is 0.0816. The van der Waals surface area contributed by atoms with Gasteiger partial charge in [-0.25, -0.2) is 4.79 Å². The number of nitrogens with zero attached hydrogens (tertiary/aromatic N) is 1. The van der Waals surface area contributed by atoms with Crippen molar-refractivity contribution in [1.29, 1.82) is 0 Å². The molecule has 4 rings (SSSR count). The van der Waals surface area contributed by atoms with Gasteiger partial charge >= 0.3 is 6.03 Å². The van der Waals surface area contributed by atoms with Crippen molar-refractivity contribution in [3.05, 3.63) is 53.1 Å². The van der Waals surface area contributed by atoms with Crippen molar-refractivity contribution < 1.29 is 14.3 Å². The van der Waals surface area contributed by atoms with Gasteiger partial charge in [-0.15, -0.1) is 0 Å². The maximum Gasteiger partial charge on any atom is 0.322 e. The zero-order chi connectivity index (χ0) is 18.6. The van der Waals surface area contributed by atoms with Crippen LogP contribution in [0.4, 0.5) is 10.5 Å². The molecule has 0 unspecified atom stereocenters. The number of carbonyl (C=O) groups is 1. The largest absolute Gasteiger partial charge is 0.454 e. The van der Waals surface area contributed by atoms with Crippen molar-refractivity contribution in [1.82, 2.24) is 4.90 Å². The lowest BCUT2D eigenvalue weighted by atomic mass is 9.94. The molecule has 1 saturated carbocycles. The highest BCUT2D eigenvalue weighted by molar-refractivity contribution is 6.30. The molecule has 2 aromatic rings. The van der Waals surface area contributed by atoms with E-state index in [2.05, 4.69) is 5.32 Å². The maximum atomic E-state index is 13.1. The molecule has 0 aromatic heterocycles. The lowest BCUT2D eigenvalue weighted by molar-refractivity contribution is 0.162. The van der Waals surface area contributed by atoms with Gasteiger partial charge < -0.3 is 19.7 Å². The van der Waals surface area contributed by atoms with Crippen molar-refractivity contribution >= 4 is 23.3 Å². The van der Waals surface area contributed by atoms with Gasteiger partial charge in [0.15, 0.2) is 11.5 Å². The third-order valence-corrected chi connectivity index (χ3v) is 5.41. The Labute approximate surface area is 164 Å². The number of ether oxygens (including phenoxy) is 2. The molecule has 1 N–H and O–H groups in total. The minimum Gasteiger partial charge on any atom is -0.454 e. The topological polar surface area (TPSA) is 50.8 Å². The van der Waals surface area contributed by atoms with E-state index in [-0.39, 0.29) is 18.9 Å². The maximum absolute atomic E-state index is 13.1. The van der Waals surface area contributed by atoms with E-state index in [9.17, 15) is 4.79 Å². The number of amides is 2. The quantitative estimate of drug-likeness (QED) is 0.761. The number of rotatable bonds is 4. The summed E-state index contributed by atoms with van der Waals surface area (Å²) in [5, 5.41) is 3.66. The van der Waals surface area contributed by atoms with Crippen LogP contribution in [-0.2, 0) is 6.54 Å². The van der Waals surface area contributed by atoms with Crippen LogP contribution in [0.5, 0.6) is 11.5 Å². The SMILES string of the molecule is O=C(Nc1ccc(Cl)cc1)N(Cc1ccc2c(c1)OCO2)C1CCCCC1. The second-order valence-electron chi connectivity index (χ2n) is 7.04. The van der Waals surface area contributed by atoms with Crippen LogP contribution in [0.25, 0.3) is 0 Å². The standard InChI is InChI=1S/C21H23ClN2O3/c22-16-7-9-17(10-8-16)23-21(25)24(18-4-2-1-3-5-18)13-15-6-11-19-20(12-15)27-14-26-19/h6-12,18H,1-5,13-14H2,(H,23,25). The van der Waals surface area contributed by atoms with Crippen molar-refractivity contribution in [2.45, 2.75) is 44.7 Å². The molecule has 6 heteroatoms. The molecule has 5 nitrogen and oxygen atoms in total. The molecule has 142 valence electrons. The second kappa shape index (κ2) is 8.09. The highest BCUT2D eigenvalue weighted by Crippen LogP contribution is 2.33. The van der Waals surface area contributed by atoms with E-state index in [0.717, 1.165) is 48.4 Å². The first-order valence-electron chi connectivity index (χ1n) is 9.41. The molecule has 1 heterocycles. The van der Waals surface area contributed by atoms with Crippen LogP contribution in [0.3, 0.4) is 0 Å². The van der Waals surface area contributed by atoms with Crippen molar-refractivity contribution in [2.24, 2.45) is 0 Å². The van der Waals surface area contributed by atoms with Gasteiger partial charge in [-0.1, -0.05) is 36.9 Å². The molecule has 1 aliphatic carbocycles. The highest BCUT2D eigenvalue weighted by atomic mass is 35.5.